The zero-order valence-electron chi connectivity index (χ0n) is 11.2. The molecule has 0 saturated carbocycles. The molecule has 0 fully saturated rings. The third-order valence-corrected chi connectivity index (χ3v) is 3.79. The maximum Gasteiger partial charge on any atom is 0.145 e. The molecule has 0 amide bonds. The highest BCUT2D eigenvalue weighted by molar-refractivity contribution is 6.07. The Labute approximate surface area is 117 Å². The predicted octanol–water partition coefficient (Wildman–Crippen LogP) is 4.49. The Bertz CT molecular complexity index is 866. The van der Waals surface area contributed by atoms with Gasteiger partial charge in [0.2, 0.25) is 0 Å². The van der Waals surface area contributed by atoms with Gasteiger partial charge >= 0.3 is 0 Å². The molecule has 0 unspecified atom stereocenters. The lowest BCUT2D eigenvalue weighted by molar-refractivity contribution is 1.11. The van der Waals surface area contributed by atoms with Crippen molar-refractivity contribution in [2.45, 2.75) is 6.92 Å². The molecule has 0 saturated heterocycles. The van der Waals surface area contributed by atoms with Crippen LogP contribution in [0.3, 0.4) is 0 Å². The summed E-state index contributed by atoms with van der Waals surface area (Å²) < 4.78 is 2.25. The molecule has 0 atom stereocenters. The fourth-order valence-electron chi connectivity index (χ4n) is 2.85. The summed E-state index contributed by atoms with van der Waals surface area (Å²) in [5.41, 5.74) is 4.66. The Morgan fingerprint density at radius 2 is 1.55 bits per heavy atom. The predicted molar refractivity (Wildman–Crippen MR) is 83.3 cm³/mol. The van der Waals surface area contributed by atoms with Crippen LogP contribution in [0.2, 0.25) is 0 Å². The zero-order chi connectivity index (χ0) is 13.5. The van der Waals surface area contributed by atoms with Crippen LogP contribution in [0.4, 0.5) is 0 Å². The molecule has 0 bridgehead atoms. The van der Waals surface area contributed by atoms with E-state index in [4.69, 9.17) is 0 Å². The minimum Gasteiger partial charge on any atom is -0.294 e. The topological polar surface area (TPSA) is 17.8 Å². The third-order valence-electron chi connectivity index (χ3n) is 3.79. The molecule has 0 aliphatic rings. The largest absolute Gasteiger partial charge is 0.294 e. The van der Waals surface area contributed by atoms with E-state index in [9.17, 15) is 0 Å². The molecule has 2 heteroatoms. The van der Waals surface area contributed by atoms with Crippen LogP contribution in [-0.4, -0.2) is 9.55 Å². The quantitative estimate of drug-likeness (QED) is 0.492. The molecule has 0 N–H and O–H groups in total. The summed E-state index contributed by atoms with van der Waals surface area (Å²) in [6.45, 7) is 2.14. The van der Waals surface area contributed by atoms with E-state index >= 15 is 0 Å². The van der Waals surface area contributed by atoms with Crippen LogP contribution in [0.25, 0.3) is 27.6 Å². The lowest BCUT2D eigenvalue weighted by atomic mass is 10.2. The molecule has 2 nitrogen and oxygen atoms in total. The summed E-state index contributed by atoms with van der Waals surface area (Å²) in [7, 11) is 0. The lowest BCUT2D eigenvalue weighted by Crippen LogP contribution is -1.97. The third kappa shape index (κ3) is 1.48. The molecule has 20 heavy (non-hydrogen) atoms. The van der Waals surface area contributed by atoms with Crippen LogP contribution in [0.5, 0.6) is 0 Å². The maximum absolute atomic E-state index is 4.60. The van der Waals surface area contributed by atoms with Gasteiger partial charge in [0, 0.05) is 17.0 Å². The van der Waals surface area contributed by atoms with Crippen molar-refractivity contribution in [3.63, 3.8) is 0 Å². The summed E-state index contributed by atoms with van der Waals surface area (Å²) in [6.07, 6.45) is 1.86. The van der Waals surface area contributed by atoms with Crippen molar-refractivity contribution in [3.8, 4) is 5.69 Å². The average Bonchev–Trinajstić information content (AvgIpc) is 2.83. The fraction of sp³-hybridized carbons (Fsp3) is 0.0556. The van der Waals surface area contributed by atoms with Crippen LogP contribution in [0.1, 0.15) is 5.56 Å². The Hall–Kier alpha value is -2.61. The summed E-state index contributed by atoms with van der Waals surface area (Å²) in [5.74, 6) is 0. The van der Waals surface area contributed by atoms with E-state index in [1.165, 1.54) is 27.5 Å². The molecular weight excluding hydrogens is 244 g/mol. The van der Waals surface area contributed by atoms with E-state index in [0.29, 0.717) is 0 Å². The lowest BCUT2D eigenvalue weighted by Gasteiger charge is -2.09. The number of hydrogen-bond acceptors (Lipinski definition) is 1. The Morgan fingerprint density at radius 1 is 0.800 bits per heavy atom. The first kappa shape index (κ1) is 11.2. The first-order chi connectivity index (χ1) is 9.86. The van der Waals surface area contributed by atoms with Crippen LogP contribution < -0.4 is 0 Å². The average molecular weight is 258 g/mol. The highest BCUT2D eigenvalue weighted by atomic mass is 15.0. The highest BCUT2D eigenvalue weighted by Crippen LogP contribution is 2.31. The monoisotopic (exact) mass is 258 g/mol. The molecule has 2 aromatic carbocycles. The van der Waals surface area contributed by atoms with Gasteiger partial charge in [0.1, 0.15) is 5.65 Å². The second kappa shape index (κ2) is 4.20. The minimum atomic E-state index is 1.02. The molecule has 2 heterocycles. The van der Waals surface area contributed by atoms with Gasteiger partial charge in [-0.15, -0.1) is 0 Å². The molecule has 0 aliphatic heterocycles. The number of aromatic nitrogens is 2. The molecular formula is C18H14N2. The summed E-state index contributed by atoms with van der Waals surface area (Å²) in [6, 6.07) is 21.0. The SMILES string of the molecule is Cc1ccccc1-n1c2ccccc2c2cccnc21. The van der Waals surface area contributed by atoms with Gasteiger partial charge in [-0.2, -0.15) is 0 Å². The van der Waals surface area contributed by atoms with Crippen LogP contribution >= 0.6 is 0 Å². The zero-order valence-corrected chi connectivity index (χ0v) is 11.2. The number of hydrogen-bond donors (Lipinski definition) is 0. The van der Waals surface area contributed by atoms with Gasteiger partial charge in [-0.1, -0.05) is 36.4 Å². The van der Waals surface area contributed by atoms with Gasteiger partial charge in [0.05, 0.1) is 11.2 Å². The van der Waals surface area contributed by atoms with E-state index in [1.807, 2.05) is 12.3 Å². The Morgan fingerprint density at radius 3 is 2.45 bits per heavy atom. The van der Waals surface area contributed by atoms with E-state index in [-0.39, 0.29) is 0 Å². The Kier molecular flexibility index (Phi) is 2.36. The highest BCUT2D eigenvalue weighted by Gasteiger charge is 2.13. The van der Waals surface area contributed by atoms with E-state index < -0.39 is 0 Å². The van der Waals surface area contributed by atoms with Crippen molar-refractivity contribution in [3.05, 3.63) is 72.4 Å². The number of aryl methyl sites for hydroxylation is 1. The van der Waals surface area contributed by atoms with Gasteiger partial charge in [0.15, 0.2) is 0 Å². The first-order valence-electron chi connectivity index (χ1n) is 6.76. The van der Waals surface area contributed by atoms with Gasteiger partial charge in [0.25, 0.3) is 0 Å². The number of para-hydroxylation sites is 2. The van der Waals surface area contributed by atoms with Crippen LogP contribution in [-0.2, 0) is 0 Å². The second-order valence-electron chi connectivity index (χ2n) is 5.01. The minimum absolute atomic E-state index is 1.02. The summed E-state index contributed by atoms with van der Waals surface area (Å²) >= 11 is 0. The van der Waals surface area contributed by atoms with E-state index in [2.05, 4.69) is 71.1 Å². The number of nitrogens with zero attached hydrogens (tertiary/aromatic N) is 2. The number of pyridine rings is 1. The number of benzene rings is 2. The van der Waals surface area contributed by atoms with Gasteiger partial charge in [-0.05, 0) is 36.8 Å². The normalized spacial score (nSPS) is 11.2. The molecule has 4 aromatic rings. The first-order valence-corrected chi connectivity index (χ1v) is 6.76. The smallest absolute Gasteiger partial charge is 0.145 e. The molecule has 0 radical (unpaired) electrons. The Balaban J connectivity index is 2.24. The van der Waals surface area contributed by atoms with Crippen LogP contribution in [0.15, 0.2) is 66.9 Å². The number of fused-ring (bicyclic) bond motifs is 3. The molecule has 4 rings (SSSR count). The van der Waals surface area contributed by atoms with Gasteiger partial charge in [-0.3, -0.25) is 4.57 Å². The van der Waals surface area contributed by atoms with E-state index in [0.717, 1.165) is 5.65 Å². The van der Waals surface area contributed by atoms with Crippen molar-refractivity contribution in [2.24, 2.45) is 0 Å². The molecule has 96 valence electrons. The van der Waals surface area contributed by atoms with Gasteiger partial charge in [-0.25, -0.2) is 4.98 Å². The molecule has 0 aliphatic carbocycles. The van der Waals surface area contributed by atoms with Crippen molar-refractivity contribution < 1.29 is 0 Å². The molecule has 2 aromatic heterocycles. The van der Waals surface area contributed by atoms with Crippen LogP contribution in [0, 0.1) is 6.92 Å². The van der Waals surface area contributed by atoms with Crippen molar-refractivity contribution >= 4 is 21.9 Å². The second-order valence-corrected chi connectivity index (χ2v) is 5.01. The van der Waals surface area contributed by atoms with Crippen molar-refractivity contribution in [2.75, 3.05) is 0 Å². The summed E-state index contributed by atoms with van der Waals surface area (Å²) in [5, 5.41) is 2.45. The number of rotatable bonds is 1. The molecule has 0 spiro atoms. The summed E-state index contributed by atoms with van der Waals surface area (Å²) in [4.78, 5) is 4.60. The van der Waals surface area contributed by atoms with E-state index in [1.54, 1.807) is 0 Å². The van der Waals surface area contributed by atoms with Crippen molar-refractivity contribution in [1.29, 1.82) is 0 Å². The van der Waals surface area contributed by atoms with Gasteiger partial charge < -0.3 is 0 Å². The van der Waals surface area contributed by atoms with Crippen molar-refractivity contribution in [1.82, 2.24) is 9.55 Å². The fourth-order valence-corrected chi connectivity index (χ4v) is 2.85. The standard InChI is InChI=1S/C18H14N2/c1-13-7-2-4-10-16(13)20-17-11-5-3-8-14(17)15-9-6-12-19-18(15)20/h2-12H,1H3. The maximum atomic E-state index is 4.60.